The van der Waals surface area contributed by atoms with Gasteiger partial charge < -0.3 is 4.74 Å². The van der Waals surface area contributed by atoms with Crippen molar-refractivity contribution in [2.75, 3.05) is 27.2 Å². The lowest BCUT2D eigenvalue weighted by molar-refractivity contribution is -0.123. The van der Waals surface area contributed by atoms with Crippen molar-refractivity contribution in [2.45, 2.75) is 25.1 Å². The summed E-state index contributed by atoms with van der Waals surface area (Å²) in [6.45, 7) is 0.447. The fraction of sp³-hybridized carbons (Fsp3) is 0.556. The lowest BCUT2D eigenvalue weighted by Crippen LogP contribution is -2.44. The Morgan fingerprint density at radius 1 is 1.28 bits per heavy atom. The van der Waals surface area contributed by atoms with Gasteiger partial charge in [0.25, 0.3) is 0 Å². The number of halogens is 3. The van der Waals surface area contributed by atoms with Gasteiger partial charge in [-0.2, -0.15) is 12.7 Å². The number of nitrogens with one attached hydrogen (secondary N) is 1. The number of aliphatic imine (C=N–C) groups is 1. The van der Waals surface area contributed by atoms with Gasteiger partial charge >= 0.3 is 10.2 Å². The van der Waals surface area contributed by atoms with Crippen molar-refractivity contribution < 1.29 is 22.3 Å². The number of carbonyl (C=O) groups excluding carboxylic acids is 1. The minimum atomic E-state index is -4.02. The molecule has 3 atom stereocenters. The highest BCUT2D eigenvalue weighted by molar-refractivity contribution is 7.87. The Morgan fingerprint density at radius 2 is 1.97 bits per heavy atom. The first kappa shape index (κ1) is 22.4. The van der Waals surface area contributed by atoms with E-state index in [1.165, 1.54) is 26.2 Å². The molecule has 1 heterocycles. The largest absolute Gasteiger partial charge is 0.367 e. The van der Waals surface area contributed by atoms with E-state index >= 15 is 0 Å². The van der Waals surface area contributed by atoms with Gasteiger partial charge in [0.15, 0.2) is 0 Å². The summed E-state index contributed by atoms with van der Waals surface area (Å²) in [5, 5.41) is 0.722. The molecule has 29 heavy (non-hydrogen) atoms. The van der Waals surface area contributed by atoms with Crippen molar-refractivity contribution in [3.05, 3.63) is 33.9 Å². The van der Waals surface area contributed by atoms with Crippen LogP contribution in [0.25, 0.3) is 0 Å². The van der Waals surface area contributed by atoms with E-state index in [-0.39, 0.29) is 17.7 Å². The summed E-state index contributed by atoms with van der Waals surface area (Å²) >= 11 is 12.4. The molecule has 0 spiro atoms. The third-order valence-electron chi connectivity index (χ3n) is 4.78. The number of nitrogens with zero attached hydrogens (tertiary/aromatic N) is 2. The summed E-state index contributed by atoms with van der Waals surface area (Å²) in [7, 11) is -1.51. The van der Waals surface area contributed by atoms with Crippen molar-refractivity contribution in [2.24, 2.45) is 16.8 Å². The summed E-state index contributed by atoms with van der Waals surface area (Å²) in [5.74, 6) is -1.90. The Kier molecular flexibility index (Phi) is 6.84. The molecule has 3 rings (SSSR count). The number of allylic oxidation sites excluding steroid dienone is 2. The van der Waals surface area contributed by atoms with Gasteiger partial charge in [0.2, 0.25) is 5.91 Å². The van der Waals surface area contributed by atoms with E-state index in [4.69, 9.17) is 27.9 Å². The van der Waals surface area contributed by atoms with Crippen LogP contribution in [0.3, 0.4) is 0 Å². The number of ether oxygens (including phenoxy) is 1. The number of amides is 1. The first-order chi connectivity index (χ1) is 13.6. The molecule has 11 heteroatoms. The van der Waals surface area contributed by atoms with Crippen LogP contribution in [-0.4, -0.2) is 63.9 Å². The van der Waals surface area contributed by atoms with Gasteiger partial charge in [0, 0.05) is 25.0 Å². The predicted octanol–water partition coefficient (Wildman–Crippen LogP) is 2.30. The highest BCUT2D eigenvalue weighted by atomic mass is 35.5. The maximum Gasteiger partial charge on any atom is 0.303 e. The Hall–Kier alpha value is -1.26. The second-order valence-corrected chi connectivity index (χ2v) is 9.99. The maximum absolute atomic E-state index is 14.5. The third kappa shape index (κ3) is 5.46. The number of hydrogen-bond donors (Lipinski definition) is 1. The van der Waals surface area contributed by atoms with Crippen molar-refractivity contribution in [3.8, 4) is 0 Å². The van der Waals surface area contributed by atoms with Crippen molar-refractivity contribution in [1.82, 2.24) is 9.03 Å². The van der Waals surface area contributed by atoms with E-state index in [0.717, 1.165) is 22.9 Å². The topological polar surface area (TPSA) is 88.1 Å². The standard InChI is InChI=1S/C18H22Cl2FN3O4S/c1-24(2)29(26,27)23-18(25)13-7-14(19)11(5-16(13)21)9-28-12-6-15(20)17(22-8-12)10-3-4-10/h5-7,10,12-13,16H,3-4,8-9H2,1-2H3,(H,23,25). The molecular formula is C18H22Cl2FN3O4S. The van der Waals surface area contributed by atoms with Crippen LogP contribution in [0.2, 0.25) is 0 Å². The van der Waals surface area contributed by atoms with Gasteiger partial charge in [-0.25, -0.2) is 9.11 Å². The lowest BCUT2D eigenvalue weighted by Gasteiger charge is -2.24. The molecule has 7 nitrogen and oxygen atoms in total. The molecule has 1 fully saturated rings. The number of alkyl halides is 1. The molecule has 0 radical (unpaired) electrons. The number of carbonyl (C=O) groups is 1. The minimum Gasteiger partial charge on any atom is -0.367 e. The van der Waals surface area contributed by atoms with Crippen LogP contribution in [0.1, 0.15) is 12.8 Å². The Morgan fingerprint density at radius 3 is 2.55 bits per heavy atom. The average Bonchev–Trinajstić information content (AvgIpc) is 3.46. The normalized spacial score (nSPS) is 27.7. The molecule has 0 aromatic carbocycles. The molecule has 1 saturated carbocycles. The van der Waals surface area contributed by atoms with E-state index in [1.807, 2.05) is 4.72 Å². The zero-order valence-electron chi connectivity index (χ0n) is 15.9. The van der Waals surface area contributed by atoms with E-state index < -0.39 is 28.2 Å². The van der Waals surface area contributed by atoms with Gasteiger partial charge in [0.05, 0.1) is 35.9 Å². The quantitative estimate of drug-likeness (QED) is 0.624. The fourth-order valence-electron chi connectivity index (χ4n) is 2.90. The van der Waals surface area contributed by atoms with Gasteiger partial charge in [-0.1, -0.05) is 23.2 Å². The summed E-state index contributed by atoms with van der Waals surface area (Å²) in [5.41, 5.74) is 1.30. The molecule has 1 aliphatic heterocycles. The van der Waals surface area contributed by atoms with Crippen LogP contribution in [0.15, 0.2) is 38.9 Å². The van der Waals surface area contributed by atoms with Crippen molar-refractivity contribution in [1.29, 1.82) is 0 Å². The first-order valence-electron chi connectivity index (χ1n) is 9.08. The molecule has 0 bridgehead atoms. The molecule has 1 amide bonds. The molecule has 0 saturated heterocycles. The molecule has 2 aliphatic carbocycles. The van der Waals surface area contributed by atoms with E-state index in [2.05, 4.69) is 4.99 Å². The zero-order valence-corrected chi connectivity index (χ0v) is 18.3. The summed E-state index contributed by atoms with van der Waals surface area (Å²) in [4.78, 5) is 16.6. The summed E-state index contributed by atoms with van der Waals surface area (Å²) < 4.78 is 46.4. The van der Waals surface area contributed by atoms with Crippen LogP contribution in [-0.2, 0) is 19.7 Å². The average molecular weight is 466 g/mol. The van der Waals surface area contributed by atoms with Gasteiger partial charge in [-0.15, -0.1) is 0 Å². The zero-order chi connectivity index (χ0) is 21.3. The van der Waals surface area contributed by atoms with E-state index in [9.17, 15) is 17.6 Å². The SMILES string of the molecule is CN(C)S(=O)(=O)NC(=O)C1C=C(Cl)C(COC2C=C(Cl)C(C3CC3)=NC2)=CC1F. The van der Waals surface area contributed by atoms with Crippen LogP contribution in [0.4, 0.5) is 4.39 Å². The van der Waals surface area contributed by atoms with Crippen LogP contribution < -0.4 is 4.72 Å². The second kappa shape index (κ2) is 8.85. The van der Waals surface area contributed by atoms with E-state index in [0.29, 0.717) is 23.1 Å². The highest BCUT2D eigenvalue weighted by Crippen LogP contribution is 2.36. The highest BCUT2D eigenvalue weighted by Gasteiger charge is 2.34. The number of dihydropyridines is 1. The molecule has 0 aromatic heterocycles. The first-order valence-corrected chi connectivity index (χ1v) is 11.3. The van der Waals surface area contributed by atoms with Crippen LogP contribution in [0, 0.1) is 11.8 Å². The third-order valence-corrected chi connectivity index (χ3v) is 6.89. The summed E-state index contributed by atoms with van der Waals surface area (Å²) in [6.07, 6.45) is 4.27. The maximum atomic E-state index is 14.5. The Bertz CT molecular complexity index is 910. The Balaban J connectivity index is 1.58. The van der Waals surface area contributed by atoms with Gasteiger partial charge in [-0.05, 0) is 36.6 Å². The minimum absolute atomic E-state index is 0.0136. The van der Waals surface area contributed by atoms with Crippen molar-refractivity contribution >= 4 is 45.0 Å². The Labute approximate surface area is 179 Å². The van der Waals surface area contributed by atoms with Gasteiger partial charge in [-0.3, -0.25) is 9.79 Å². The van der Waals surface area contributed by atoms with Gasteiger partial charge in [0.1, 0.15) is 6.17 Å². The molecule has 3 unspecified atom stereocenters. The van der Waals surface area contributed by atoms with Crippen molar-refractivity contribution in [3.63, 3.8) is 0 Å². The monoisotopic (exact) mass is 465 g/mol. The second-order valence-electron chi connectivity index (χ2n) is 7.29. The molecule has 3 aliphatic rings. The van der Waals surface area contributed by atoms with Crippen LogP contribution in [0.5, 0.6) is 0 Å². The van der Waals surface area contributed by atoms with E-state index in [1.54, 1.807) is 6.08 Å². The van der Waals surface area contributed by atoms with Crippen LogP contribution >= 0.6 is 23.2 Å². The molecule has 1 N–H and O–H groups in total. The lowest BCUT2D eigenvalue weighted by atomic mass is 9.94. The molecule has 0 aromatic rings. The summed E-state index contributed by atoms with van der Waals surface area (Å²) in [6, 6.07) is 0. The number of rotatable bonds is 7. The molecule has 160 valence electrons. The molecular weight excluding hydrogens is 444 g/mol. The predicted molar refractivity (Wildman–Crippen MR) is 110 cm³/mol. The fourth-order valence-corrected chi connectivity index (χ4v) is 4.08. The smallest absolute Gasteiger partial charge is 0.303 e. The number of hydrogen-bond acceptors (Lipinski definition) is 5.